The van der Waals surface area contributed by atoms with Crippen LogP contribution >= 0.6 is 0 Å². The first kappa shape index (κ1) is 35.4. The summed E-state index contributed by atoms with van der Waals surface area (Å²) in [6.45, 7) is 16.5. The molecule has 1 N–H and O–H groups in total. The van der Waals surface area contributed by atoms with E-state index in [1.54, 1.807) is 26.9 Å². The molecule has 7 atom stereocenters. The van der Waals surface area contributed by atoms with Crippen LogP contribution in [0.4, 0.5) is 5.69 Å². The normalized spacial score (nSPS) is 26.9. The molecule has 3 aliphatic heterocycles. The molecule has 5 rings (SSSR count). The zero-order valence-electron chi connectivity index (χ0n) is 28.8. The van der Waals surface area contributed by atoms with Crippen LogP contribution in [-0.2, 0) is 25.5 Å². The third-order valence-corrected chi connectivity index (χ3v) is 10.5. The number of likely N-dealkylation sites (tertiary alicyclic amines) is 1. The Morgan fingerprint density at radius 1 is 1.06 bits per heavy atom. The molecular weight excluding hydrogens is 606 g/mol. The molecule has 0 saturated carbocycles. The number of ether oxygens (including phenoxy) is 2. The van der Waals surface area contributed by atoms with Crippen molar-refractivity contribution in [3.05, 3.63) is 85.5 Å². The van der Waals surface area contributed by atoms with Crippen molar-refractivity contribution in [1.29, 1.82) is 0 Å². The lowest BCUT2D eigenvalue weighted by Crippen LogP contribution is -2.60. The molecule has 2 aromatic rings. The predicted molar refractivity (Wildman–Crippen MR) is 187 cm³/mol. The summed E-state index contributed by atoms with van der Waals surface area (Å²) in [7, 11) is 0. The first-order valence-corrected chi connectivity index (χ1v) is 17.3. The van der Waals surface area contributed by atoms with E-state index in [1.165, 1.54) is 0 Å². The maximum atomic E-state index is 15.0. The summed E-state index contributed by atoms with van der Waals surface area (Å²) in [5, 5.41) is 10.9. The van der Waals surface area contributed by atoms with Crippen molar-refractivity contribution in [2.75, 3.05) is 31.2 Å². The van der Waals surface area contributed by atoms with E-state index in [0.717, 1.165) is 18.4 Å². The van der Waals surface area contributed by atoms with Crippen LogP contribution in [0.5, 0.6) is 5.75 Å². The summed E-state index contributed by atoms with van der Waals surface area (Å²) in [5.74, 6) is -1.85. The number of hydrogen-bond donors (Lipinski definition) is 1. The monoisotopic (exact) mass is 657 g/mol. The van der Waals surface area contributed by atoms with Gasteiger partial charge in [0, 0.05) is 24.8 Å². The maximum Gasteiger partial charge on any atom is 0.248 e. The van der Waals surface area contributed by atoms with Crippen LogP contribution < -0.4 is 9.64 Å². The molecule has 48 heavy (non-hydrogen) atoms. The van der Waals surface area contributed by atoms with E-state index in [0.29, 0.717) is 43.9 Å². The van der Waals surface area contributed by atoms with Gasteiger partial charge < -0.3 is 29.3 Å². The zero-order valence-corrected chi connectivity index (χ0v) is 28.8. The average molecular weight is 658 g/mol. The summed E-state index contributed by atoms with van der Waals surface area (Å²) >= 11 is 0. The van der Waals surface area contributed by atoms with Gasteiger partial charge in [0.1, 0.15) is 17.4 Å². The van der Waals surface area contributed by atoms with Crippen LogP contribution in [0.15, 0.2) is 79.9 Å². The number of nitrogens with zero attached hydrogens (tertiary/aromatic N) is 3. The Morgan fingerprint density at radius 3 is 2.35 bits per heavy atom. The van der Waals surface area contributed by atoms with Crippen LogP contribution in [0.1, 0.15) is 58.9 Å². The van der Waals surface area contributed by atoms with E-state index in [9.17, 15) is 19.5 Å². The zero-order chi connectivity index (χ0) is 34.6. The molecular formula is C39H51N3O6. The first-order valence-electron chi connectivity index (χ1n) is 17.3. The topological polar surface area (TPSA) is 99.6 Å². The van der Waals surface area contributed by atoms with Gasteiger partial charge in [-0.3, -0.25) is 14.4 Å². The smallest absolute Gasteiger partial charge is 0.248 e. The molecule has 2 aromatic carbocycles. The fraction of sp³-hybridized carbons (Fsp3) is 0.513. The number of aliphatic hydroxyl groups is 1. The lowest BCUT2D eigenvalue weighted by atomic mass is 9.66. The number of amides is 3. The maximum absolute atomic E-state index is 15.0. The second kappa shape index (κ2) is 14.7. The minimum Gasteiger partial charge on any atom is -0.494 e. The van der Waals surface area contributed by atoms with E-state index in [4.69, 9.17) is 9.47 Å². The van der Waals surface area contributed by atoms with Crippen LogP contribution in [0, 0.1) is 11.8 Å². The molecule has 258 valence electrons. The molecule has 0 aromatic heterocycles. The van der Waals surface area contributed by atoms with Gasteiger partial charge in [-0.05, 0) is 76.3 Å². The van der Waals surface area contributed by atoms with E-state index in [2.05, 4.69) is 20.1 Å². The fourth-order valence-corrected chi connectivity index (χ4v) is 8.41. The van der Waals surface area contributed by atoms with Gasteiger partial charge in [0.2, 0.25) is 17.7 Å². The minimum atomic E-state index is -1.22. The standard InChI is InChI=1S/C39H51N3O6/c1-7-14-27(5)40(23-8-2)37(46)34-39-22-21-38(6,48-39)32(35(44)41(24-9-3)29-17-19-31(20-18-29)47-10-4)33(39)36(45)42(34)30(26-43)25-28-15-12-11-13-16-28/h8-9,11-13,15-20,27,30,32-34,43H,2-3,7,10,14,21-26H2,1,4-6H3/t27?,30-,32-,33+,34?,38+,39?/m1/s1. The molecule has 3 fully saturated rings. The summed E-state index contributed by atoms with van der Waals surface area (Å²) in [4.78, 5) is 49.7. The van der Waals surface area contributed by atoms with Crippen molar-refractivity contribution in [2.45, 2.75) is 89.1 Å². The van der Waals surface area contributed by atoms with Crippen LogP contribution in [0.25, 0.3) is 0 Å². The number of benzene rings is 2. The largest absolute Gasteiger partial charge is 0.494 e. The molecule has 3 saturated heterocycles. The van der Waals surface area contributed by atoms with E-state index in [-0.39, 0.29) is 36.9 Å². The van der Waals surface area contributed by atoms with Crippen molar-refractivity contribution >= 4 is 23.4 Å². The van der Waals surface area contributed by atoms with Gasteiger partial charge in [-0.25, -0.2) is 0 Å². The highest BCUT2D eigenvalue weighted by atomic mass is 16.5. The van der Waals surface area contributed by atoms with Crippen molar-refractivity contribution < 1.29 is 29.0 Å². The fourth-order valence-electron chi connectivity index (χ4n) is 8.41. The van der Waals surface area contributed by atoms with Crippen molar-refractivity contribution in [3.63, 3.8) is 0 Å². The van der Waals surface area contributed by atoms with Gasteiger partial charge in [-0.1, -0.05) is 55.8 Å². The van der Waals surface area contributed by atoms with Crippen LogP contribution in [-0.4, -0.2) is 88.3 Å². The molecule has 9 nitrogen and oxygen atoms in total. The highest BCUT2D eigenvalue weighted by Crippen LogP contribution is 2.64. The molecule has 1 spiro atoms. The molecule has 3 unspecified atom stereocenters. The Balaban J connectivity index is 1.60. The number of fused-ring (bicyclic) bond motifs is 1. The molecule has 3 amide bonds. The third-order valence-electron chi connectivity index (χ3n) is 10.5. The second-order valence-corrected chi connectivity index (χ2v) is 13.6. The summed E-state index contributed by atoms with van der Waals surface area (Å²) in [6.07, 6.45) is 6.36. The predicted octanol–water partition coefficient (Wildman–Crippen LogP) is 5.18. The van der Waals surface area contributed by atoms with Crippen LogP contribution in [0.3, 0.4) is 0 Å². The van der Waals surface area contributed by atoms with E-state index in [1.807, 2.05) is 75.4 Å². The highest BCUT2D eigenvalue weighted by Gasteiger charge is 2.79. The second-order valence-electron chi connectivity index (χ2n) is 13.6. The lowest BCUT2D eigenvalue weighted by Gasteiger charge is -2.41. The summed E-state index contributed by atoms with van der Waals surface area (Å²) in [6, 6.07) is 15.1. The molecule has 9 heteroatoms. The molecule has 0 aliphatic carbocycles. The Morgan fingerprint density at radius 2 is 1.75 bits per heavy atom. The average Bonchev–Trinajstić information content (AvgIpc) is 3.66. The van der Waals surface area contributed by atoms with Gasteiger partial charge in [0.25, 0.3) is 0 Å². The Bertz CT molecular complexity index is 1480. The van der Waals surface area contributed by atoms with Gasteiger partial charge in [-0.2, -0.15) is 0 Å². The van der Waals surface area contributed by atoms with Gasteiger partial charge in [0.15, 0.2) is 0 Å². The van der Waals surface area contributed by atoms with Crippen molar-refractivity contribution in [3.8, 4) is 5.75 Å². The van der Waals surface area contributed by atoms with Gasteiger partial charge in [0.05, 0.1) is 36.7 Å². The number of carbonyl (C=O) groups is 3. The summed E-state index contributed by atoms with van der Waals surface area (Å²) in [5.41, 5.74) is -0.595. The van der Waals surface area contributed by atoms with Crippen LogP contribution in [0.2, 0.25) is 0 Å². The number of aliphatic hydroxyl groups excluding tert-OH is 1. The van der Waals surface area contributed by atoms with E-state index < -0.39 is 35.1 Å². The first-order chi connectivity index (χ1) is 23.1. The van der Waals surface area contributed by atoms with E-state index >= 15 is 0 Å². The quantitative estimate of drug-likeness (QED) is 0.250. The molecule has 3 aliphatic rings. The minimum absolute atomic E-state index is 0.107. The number of anilines is 1. The Hall–Kier alpha value is -3.95. The number of rotatable bonds is 16. The Kier molecular flexibility index (Phi) is 10.8. The highest BCUT2D eigenvalue weighted by molar-refractivity contribution is 6.03. The lowest BCUT2D eigenvalue weighted by molar-refractivity contribution is -0.156. The molecule has 0 radical (unpaired) electrons. The molecule has 2 bridgehead atoms. The summed E-state index contributed by atoms with van der Waals surface area (Å²) < 4.78 is 12.6. The Labute approximate surface area is 285 Å². The van der Waals surface area contributed by atoms with Crippen molar-refractivity contribution in [2.24, 2.45) is 11.8 Å². The van der Waals surface area contributed by atoms with Gasteiger partial charge >= 0.3 is 0 Å². The SMILES string of the molecule is C=CCN(C(=O)[C@H]1[C@H]2C(=O)N([C@@H](CO)Cc3ccccc3)C(C(=O)N(CC=C)C(C)CCC)C23CC[C@]1(C)O3)c1ccc(OCC)cc1. The van der Waals surface area contributed by atoms with Gasteiger partial charge in [-0.15, -0.1) is 13.2 Å². The molecule has 3 heterocycles. The number of hydrogen-bond acceptors (Lipinski definition) is 6. The van der Waals surface area contributed by atoms with Crippen molar-refractivity contribution in [1.82, 2.24) is 9.80 Å². The number of carbonyl (C=O) groups excluding carboxylic acids is 3. The third kappa shape index (κ3) is 6.18.